The molecule has 17 heavy (non-hydrogen) atoms. The van der Waals surface area contributed by atoms with Crippen molar-refractivity contribution in [2.75, 3.05) is 13.2 Å². The van der Waals surface area contributed by atoms with Gasteiger partial charge in [0.15, 0.2) is 6.61 Å². The maximum absolute atomic E-state index is 11.2. The molecule has 0 aliphatic heterocycles. The van der Waals surface area contributed by atoms with E-state index in [2.05, 4.69) is 5.32 Å². The Morgan fingerprint density at radius 3 is 2.59 bits per heavy atom. The fraction of sp³-hybridized carbons (Fsp3) is 0.364. The second kappa shape index (κ2) is 6.47. The van der Waals surface area contributed by atoms with Crippen molar-refractivity contribution in [1.82, 2.24) is 5.32 Å². The van der Waals surface area contributed by atoms with E-state index in [4.69, 9.17) is 4.74 Å². The molecule has 0 heterocycles. The minimum absolute atomic E-state index is 0.00668. The summed E-state index contributed by atoms with van der Waals surface area (Å²) in [6.07, 6.45) is 0.864. The third-order valence-corrected chi connectivity index (χ3v) is 1.99. The molecule has 0 aliphatic rings. The molecule has 0 radical (unpaired) electrons. The van der Waals surface area contributed by atoms with Gasteiger partial charge in [-0.05, 0) is 18.6 Å². The van der Waals surface area contributed by atoms with Gasteiger partial charge in [0.25, 0.3) is 11.6 Å². The standard InChI is InChI=1S/C11H14N2O4/c1-2-7-12-11(14)8-17-10-5-3-9(4-6-10)13(15)16/h3-6H,2,7-8H2,1H3,(H,12,14). The van der Waals surface area contributed by atoms with Crippen molar-refractivity contribution in [3.8, 4) is 5.75 Å². The van der Waals surface area contributed by atoms with Crippen molar-refractivity contribution in [3.63, 3.8) is 0 Å². The topological polar surface area (TPSA) is 81.5 Å². The number of hydrogen-bond acceptors (Lipinski definition) is 4. The van der Waals surface area contributed by atoms with E-state index in [1.54, 1.807) is 0 Å². The molecule has 0 bridgehead atoms. The summed E-state index contributed by atoms with van der Waals surface area (Å²) in [5.74, 6) is 0.229. The molecule has 0 spiro atoms. The molecule has 0 atom stereocenters. The Balaban J connectivity index is 2.42. The lowest BCUT2D eigenvalue weighted by Crippen LogP contribution is -2.29. The quantitative estimate of drug-likeness (QED) is 0.601. The van der Waals surface area contributed by atoms with E-state index >= 15 is 0 Å². The highest BCUT2D eigenvalue weighted by molar-refractivity contribution is 5.77. The Kier molecular flexibility index (Phi) is 4.93. The van der Waals surface area contributed by atoms with E-state index in [-0.39, 0.29) is 18.2 Å². The number of non-ortho nitro benzene ring substituents is 1. The molecule has 0 saturated carbocycles. The van der Waals surface area contributed by atoms with E-state index in [9.17, 15) is 14.9 Å². The number of amides is 1. The van der Waals surface area contributed by atoms with Crippen LogP contribution in [-0.4, -0.2) is 24.0 Å². The Labute approximate surface area is 98.7 Å². The van der Waals surface area contributed by atoms with Gasteiger partial charge in [0.05, 0.1) is 4.92 Å². The van der Waals surface area contributed by atoms with Gasteiger partial charge in [-0.15, -0.1) is 0 Å². The van der Waals surface area contributed by atoms with Crippen molar-refractivity contribution in [2.24, 2.45) is 0 Å². The first-order chi connectivity index (χ1) is 8.13. The summed E-state index contributed by atoms with van der Waals surface area (Å²) < 4.78 is 5.16. The van der Waals surface area contributed by atoms with Crippen LogP contribution in [0.25, 0.3) is 0 Å². The largest absolute Gasteiger partial charge is 0.484 e. The average molecular weight is 238 g/mol. The number of benzene rings is 1. The van der Waals surface area contributed by atoms with Crippen LogP contribution in [0, 0.1) is 10.1 Å². The number of carbonyl (C=O) groups is 1. The van der Waals surface area contributed by atoms with E-state index < -0.39 is 4.92 Å². The van der Waals surface area contributed by atoms with Crippen LogP contribution in [0.1, 0.15) is 13.3 Å². The molecule has 0 aliphatic carbocycles. The molecule has 6 nitrogen and oxygen atoms in total. The number of hydrogen-bond donors (Lipinski definition) is 1. The normalized spacial score (nSPS) is 9.71. The van der Waals surface area contributed by atoms with Crippen LogP contribution in [0.4, 0.5) is 5.69 Å². The minimum atomic E-state index is -0.488. The maximum atomic E-state index is 11.2. The van der Waals surface area contributed by atoms with Crippen molar-refractivity contribution < 1.29 is 14.5 Å². The molecule has 1 amide bonds. The summed E-state index contributed by atoms with van der Waals surface area (Å²) in [4.78, 5) is 21.1. The molecular weight excluding hydrogens is 224 g/mol. The zero-order valence-corrected chi connectivity index (χ0v) is 9.51. The van der Waals surface area contributed by atoms with E-state index in [0.29, 0.717) is 12.3 Å². The summed E-state index contributed by atoms with van der Waals surface area (Å²) in [6, 6.07) is 5.59. The number of nitrogens with one attached hydrogen (secondary N) is 1. The summed E-state index contributed by atoms with van der Waals surface area (Å²) >= 11 is 0. The number of nitrogens with zero attached hydrogens (tertiary/aromatic N) is 1. The van der Waals surface area contributed by atoms with Crippen LogP contribution in [0.3, 0.4) is 0 Å². The lowest BCUT2D eigenvalue weighted by atomic mass is 10.3. The molecule has 0 unspecified atom stereocenters. The van der Waals surface area contributed by atoms with Gasteiger partial charge in [-0.3, -0.25) is 14.9 Å². The molecule has 92 valence electrons. The van der Waals surface area contributed by atoms with Crippen LogP contribution in [0.2, 0.25) is 0 Å². The third-order valence-electron chi connectivity index (χ3n) is 1.99. The third kappa shape index (κ3) is 4.50. The highest BCUT2D eigenvalue weighted by atomic mass is 16.6. The molecule has 1 rings (SSSR count). The zero-order chi connectivity index (χ0) is 12.7. The minimum Gasteiger partial charge on any atom is -0.484 e. The maximum Gasteiger partial charge on any atom is 0.269 e. The number of rotatable bonds is 6. The molecule has 1 N–H and O–H groups in total. The smallest absolute Gasteiger partial charge is 0.269 e. The fourth-order valence-corrected chi connectivity index (χ4v) is 1.13. The molecular formula is C11H14N2O4. The highest BCUT2D eigenvalue weighted by Gasteiger charge is 2.05. The van der Waals surface area contributed by atoms with E-state index in [1.807, 2.05) is 6.92 Å². The number of ether oxygens (including phenoxy) is 1. The van der Waals surface area contributed by atoms with Crippen LogP contribution >= 0.6 is 0 Å². The first kappa shape index (κ1) is 13.0. The fourth-order valence-electron chi connectivity index (χ4n) is 1.13. The van der Waals surface area contributed by atoms with Crippen LogP contribution < -0.4 is 10.1 Å². The van der Waals surface area contributed by atoms with Crippen LogP contribution in [0.15, 0.2) is 24.3 Å². The Morgan fingerprint density at radius 2 is 2.06 bits per heavy atom. The predicted octanol–water partition coefficient (Wildman–Crippen LogP) is 1.50. The summed E-state index contributed by atoms with van der Waals surface area (Å²) in [6.45, 7) is 2.48. The lowest BCUT2D eigenvalue weighted by molar-refractivity contribution is -0.384. The van der Waals surface area contributed by atoms with Crippen molar-refractivity contribution >= 4 is 11.6 Å². The molecule has 0 aromatic heterocycles. The molecule has 6 heteroatoms. The highest BCUT2D eigenvalue weighted by Crippen LogP contribution is 2.16. The van der Waals surface area contributed by atoms with E-state index in [1.165, 1.54) is 24.3 Å². The first-order valence-electron chi connectivity index (χ1n) is 5.27. The van der Waals surface area contributed by atoms with Crippen molar-refractivity contribution in [1.29, 1.82) is 0 Å². The lowest BCUT2D eigenvalue weighted by Gasteiger charge is -2.06. The van der Waals surface area contributed by atoms with Crippen LogP contribution in [0.5, 0.6) is 5.75 Å². The van der Waals surface area contributed by atoms with Gasteiger partial charge < -0.3 is 10.1 Å². The second-order valence-electron chi connectivity index (χ2n) is 3.39. The van der Waals surface area contributed by atoms with Gasteiger partial charge in [0.1, 0.15) is 5.75 Å². The Hall–Kier alpha value is -2.11. The van der Waals surface area contributed by atoms with Gasteiger partial charge in [-0.25, -0.2) is 0 Å². The molecule has 1 aromatic rings. The van der Waals surface area contributed by atoms with Gasteiger partial charge in [0.2, 0.25) is 0 Å². The SMILES string of the molecule is CCCNC(=O)COc1ccc([N+](=O)[O-])cc1. The first-order valence-corrected chi connectivity index (χ1v) is 5.27. The zero-order valence-electron chi connectivity index (χ0n) is 9.51. The average Bonchev–Trinajstić information content (AvgIpc) is 2.34. The van der Waals surface area contributed by atoms with Gasteiger partial charge in [-0.1, -0.05) is 6.92 Å². The second-order valence-corrected chi connectivity index (χ2v) is 3.39. The molecule has 0 fully saturated rings. The number of nitro benzene ring substituents is 1. The summed E-state index contributed by atoms with van der Waals surface area (Å²) in [5, 5.41) is 13.1. The van der Waals surface area contributed by atoms with Gasteiger partial charge in [0, 0.05) is 18.7 Å². The Bertz CT molecular complexity index is 389. The van der Waals surface area contributed by atoms with Gasteiger partial charge in [-0.2, -0.15) is 0 Å². The summed E-state index contributed by atoms with van der Waals surface area (Å²) in [5.41, 5.74) is -0.00668. The van der Waals surface area contributed by atoms with Crippen molar-refractivity contribution in [2.45, 2.75) is 13.3 Å². The number of carbonyl (C=O) groups excluding carboxylic acids is 1. The molecule has 1 aromatic carbocycles. The number of nitro groups is 1. The van der Waals surface area contributed by atoms with Crippen LogP contribution in [-0.2, 0) is 4.79 Å². The summed E-state index contributed by atoms with van der Waals surface area (Å²) in [7, 11) is 0. The van der Waals surface area contributed by atoms with Gasteiger partial charge >= 0.3 is 0 Å². The molecule has 0 saturated heterocycles. The monoisotopic (exact) mass is 238 g/mol. The van der Waals surface area contributed by atoms with E-state index in [0.717, 1.165) is 6.42 Å². The van der Waals surface area contributed by atoms with Crippen molar-refractivity contribution in [3.05, 3.63) is 34.4 Å². The Morgan fingerprint density at radius 1 is 1.41 bits per heavy atom. The predicted molar refractivity (Wildman–Crippen MR) is 61.9 cm³/mol.